The van der Waals surface area contributed by atoms with Gasteiger partial charge in [0.25, 0.3) is 0 Å². The van der Waals surface area contributed by atoms with Gasteiger partial charge in [-0.25, -0.2) is 4.99 Å². The third kappa shape index (κ3) is 6.55. The van der Waals surface area contributed by atoms with E-state index in [0.717, 1.165) is 35.2 Å². The maximum Gasteiger partial charge on any atom is 0.151 e. The van der Waals surface area contributed by atoms with Crippen molar-refractivity contribution in [2.45, 2.75) is 26.7 Å². The van der Waals surface area contributed by atoms with Gasteiger partial charge in [-0.1, -0.05) is 123 Å². The van der Waals surface area contributed by atoms with Gasteiger partial charge >= 0.3 is 0 Å². The summed E-state index contributed by atoms with van der Waals surface area (Å²) in [5, 5.41) is 13.9. The Morgan fingerprint density at radius 2 is 1.50 bits per heavy atom. The minimum atomic E-state index is 0.230. The summed E-state index contributed by atoms with van der Waals surface area (Å²) in [5.41, 5.74) is 12.6. The molecule has 0 aliphatic heterocycles. The molecule has 2 atom stereocenters. The molecule has 3 nitrogen and oxygen atoms in total. The monoisotopic (exact) mass is 665 g/mol. The van der Waals surface area contributed by atoms with Crippen molar-refractivity contribution in [3.8, 4) is 22.3 Å². The van der Waals surface area contributed by atoms with Crippen molar-refractivity contribution >= 4 is 50.8 Å². The van der Waals surface area contributed by atoms with Gasteiger partial charge < -0.3 is 5.32 Å². The summed E-state index contributed by atoms with van der Waals surface area (Å²) in [6.07, 6.45) is 13.0. The maximum absolute atomic E-state index is 8.74. The van der Waals surface area contributed by atoms with Gasteiger partial charge in [0.2, 0.25) is 0 Å². The number of thiophene rings is 1. The van der Waals surface area contributed by atoms with E-state index in [1.54, 1.807) is 6.21 Å². The predicted molar refractivity (Wildman–Crippen MR) is 215 cm³/mol. The lowest BCUT2D eigenvalue weighted by atomic mass is 9.88. The van der Waals surface area contributed by atoms with E-state index in [1.807, 2.05) is 59.9 Å². The molecule has 0 bridgehead atoms. The molecule has 0 fully saturated rings. The molecule has 2 aliphatic carbocycles. The highest BCUT2D eigenvalue weighted by molar-refractivity contribution is 7.20. The fourth-order valence-corrected chi connectivity index (χ4v) is 8.14. The first kappa shape index (κ1) is 31.7. The number of anilines is 1. The van der Waals surface area contributed by atoms with Gasteiger partial charge in [0.1, 0.15) is 0 Å². The van der Waals surface area contributed by atoms with Gasteiger partial charge in [0.05, 0.1) is 0 Å². The Morgan fingerprint density at radius 1 is 0.760 bits per heavy atom. The molecule has 0 radical (unpaired) electrons. The van der Waals surface area contributed by atoms with Crippen LogP contribution in [0.25, 0.3) is 44.0 Å². The first-order chi connectivity index (χ1) is 24.5. The molecular weight excluding hydrogens is 627 g/mol. The lowest BCUT2D eigenvalue weighted by Crippen LogP contribution is -2.14. The van der Waals surface area contributed by atoms with Crippen LogP contribution in [0.2, 0.25) is 0 Å². The van der Waals surface area contributed by atoms with E-state index in [4.69, 9.17) is 5.41 Å². The maximum atomic E-state index is 8.74. The minimum Gasteiger partial charge on any atom is -0.358 e. The van der Waals surface area contributed by atoms with Crippen molar-refractivity contribution in [1.29, 1.82) is 5.41 Å². The number of nitrogens with zero attached hydrogens (tertiary/aromatic N) is 1. The highest BCUT2D eigenvalue weighted by Crippen LogP contribution is 2.40. The summed E-state index contributed by atoms with van der Waals surface area (Å²) in [4.78, 5) is 5.93. The largest absolute Gasteiger partial charge is 0.358 e. The second-order valence-electron chi connectivity index (χ2n) is 13.4. The molecule has 1 aromatic heterocycles. The summed E-state index contributed by atoms with van der Waals surface area (Å²) in [7, 11) is 0. The lowest BCUT2D eigenvalue weighted by Gasteiger charge is -2.24. The number of nitrogens with one attached hydrogen (secondary N) is 2. The number of hydrogen-bond donors (Lipinski definition) is 2. The number of hydrogen-bond acceptors (Lipinski definition) is 3. The van der Waals surface area contributed by atoms with Gasteiger partial charge in [-0.05, 0) is 99.5 Å². The summed E-state index contributed by atoms with van der Waals surface area (Å²) < 4.78 is 1.37. The molecule has 6 aromatic rings. The second kappa shape index (κ2) is 13.7. The third-order valence-electron chi connectivity index (χ3n) is 9.76. The molecule has 5 aromatic carbocycles. The average molecular weight is 666 g/mol. The SMILES string of the molecule is CC1C=Cc2sc3ccc(-c4cccc(C5=C(Nc6cccc(C(=N)/N=C/c7ccc(-c8ccccc8)cc7)c6)C(C)CC=C5)c4)cc3c2C1. The van der Waals surface area contributed by atoms with Crippen LogP contribution >= 0.6 is 11.3 Å². The van der Waals surface area contributed by atoms with Crippen LogP contribution in [0, 0.1) is 17.2 Å². The normalized spacial score (nSPS) is 17.0. The van der Waals surface area contributed by atoms with Crippen LogP contribution in [-0.2, 0) is 6.42 Å². The number of benzene rings is 5. The van der Waals surface area contributed by atoms with E-state index in [9.17, 15) is 0 Å². The summed E-state index contributed by atoms with van der Waals surface area (Å²) >= 11 is 1.90. The van der Waals surface area contributed by atoms with Crippen LogP contribution in [-0.4, -0.2) is 12.1 Å². The van der Waals surface area contributed by atoms with Crippen molar-refractivity contribution in [2.24, 2.45) is 16.8 Å². The predicted octanol–water partition coefficient (Wildman–Crippen LogP) is 12.3. The van der Waals surface area contributed by atoms with Crippen molar-refractivity contribution in [3.05, 3.63) is 172 Å². The van der Waals surface area contributed by atoms with Crippen LogP contribution in [0.5, 0.6) is 0 Å². The molecule has 2 unspecified atom stereocenters. The van der Waals surface area contributed by atoms with E-state index in [0.29, 0.717) is 11.8 Å². The number of rotatable bonds is 7. The van der Waals surface area contributed by atoms with Crippen LogP contribution in [0.4, 0.5) is 5.69 Å². The zero-order valence-corrected chi connectivity index (χ0v) is 29.2. The Hall–Kier alpha value is -5.58. The zero-order valence-electron chi connectivity index (χ0n) is 28.4. The lowest BCUT2D eigenvalue weighted by molar-refractivity contribution is 0.695. The first-order valence-corrected chi connectivity index (χ1v) is 18.2. The fourth-order valence-electron chi connectivity index (χ4n) is 7.01. The highest BCUT2D eigenvalue weighted by atomic mass is 32.1. The topological polar surface area (TPSA) is 48.2 Å². The molecule has 0 saturated carbocycles. The number of aliphatic imine (C=N–C) groups is 1. The molecule has 8 rings (SSSR count). The molecule has 4 heteroatoms. The summed E-state index contributed by atoms with van der Waals surface area (Å²) in [6, 6.07) is 42.6. The Morgan fingerprint density at radius 3 is 2.36 bits per heavy atom. The van der Waals surface area contributed by atoms with Gasteiger partial charge in [0, 0.05) is 44.2 Å². The zero-order chi connectivity index (χ0) is 34.0. The van der Waals surface area contributed by atoms with Crippen LogP contribution < -0.4 is 5.32 Å². The Bertz CT molecular complexity index is 2340. The van der Waals surface area contributed by atoms with Gasteiger partial charge in [-0.15, -0.1) is 11.3 Å². The van der Waals surface area contributed by atoms with Crippen molar-refractivity contribution in [3.63, 3.8) is 0 Å². The third-order valence-corrected chi connectivity index (χ3v) is 10.9. The van der Waals surface area contributed by atoms with Crippen LogP contribution in [0.3, 0.4) is 0 Å². The minimum absolute atomic E-state index is 0.230. The highest BCUT2D eigenvalue weighted by Gasteiger charge is 2.20. The molecule has 2 N–H and O–H groups in total. The Balaban J connectivity index is 1.04. The molecule has 0 saturated heterocycles. The molecule has 50 heavy (non-hydrogen) atoms. The number of fused-ring (bicyclic) bond motifs is 3. The first-order valence-electron chi connectivity index (χ1n) is 17.4. The van der Waals surface area contributed by atoms with Crippen molar-refractivity contribution < 1.29 is 0 Å². The number of amidine groups is 1. The van der Waals surface area contributed by atoms with Crippen LogP contribution in [0.15, 0.2) is 150 Å². The standard InChI is InChI=1S/C46H39N3S/c1-30-17-23-43-41(25-30)42-28-36(22-24-44(42)50-43)35-12-7-13-37(26-35)40-16-6-9-31(2)45(40)49-39-15-8-14-38(27-39)46(47)48-29-32-18-20-34(21-19-32)33-10-4-3-5-11-33/h3-8,10-24,26-31,47,49H,9,25H2,1-2H3/b47-46?,48-29+. The van der Waals surface area contributed by atoms with E-state index >= 15 is 0 Å². The van der Waals surface area contributed by atoms with Crippen molar-refractivity contribution in [1.82, 2.24) is 0 Å². The van der Waals surface area contributed by atoms with Crippen molar-refractivity contribution in [2.75, 3.05) is 5.32 Å². The van der Waals surface area contributed by atoms with Crippen LogP contribution in [0.1, 0.15) is 47.4 Å². The van der Waals surface area contributed by atoms with E-state index in [-0.39, 0.29) is 5.84 Å². The molecule has 0 amide bonds. The fraction of sp³-hybridized carbons (Fsp3) is 0.130. The average Bonchev–Trinajstić information content (AvgIpc) is 3.52. The molecule has 0 spiro atoms. The summed E-state index contributed by atoms with van der Waals surface area (Å²) in [6.45, 7) is 4.58. The molecule has 244 valence electrons. The van der Waals surface area contributed by atoms with Gasteiger partial charge in [0.15, 0.2) is 5.84 Å². The molecular formula is C46H39N3S. The van der Waals surface area contributed by atoms with Gasteiger partial charge in [-0.3, -0.25) is 5.41 Å². The van der Waals surface area contributed by atoms with Gasteiger partial charge in [-0.2, -0.15) is 0 Å². The molecule has 2 aliphatic rings. The Labute approximate surface area is 298 Å². The van der Waals surface area contributed by atoms with E-state index in [1.165, 1.54) is 54.1 Å². The number of allylic oxidation sites excluding steroid dienone is 5. The smallest absolute Gasteiger partial charge is 0.151 e. The molecule has 1 heterocycles. The Kier molecular flexibility index (Phi) is 8.70. The van der Waals surface area contributed by atoms with E-state index in [2.05, 4.69) is 121 Å². The second-order valence-corrected chi connectivity index (χ2v) is 14.5. The van der Waals surface area contributed by atoms with E-state index < -0.39 is 0 Å². The quantitative estimate of drug-likeness (QED) is 0.129. The summed E-state index contributed by atoms with van der Waals surface area (Å²) in [5.74, 6) is 1.13.